The Hall–Kier alpha value is -5.80. The lowest BCUT2D eigenvalue weighted by Crippen LogP contribution is -2.01. The predicted molar refractivity (Wildman–Crippen MR) is 181 cm³/mol. The fourth-order valence-corrected chi connectivity index (χ4v) is 6.41. The molecule has 0 saturated carbocycles. The molecule has 6 rings (SSSR count). The van der Waals surface area contributed by atoms with E-state index in [1.807, 2.05) is 0 Å². The van der Waals surface area contributed by atoms with E-state index >= 15 is 0 Å². The van der Waals surface area contributed by atoms with Crippen LogP contribution in [0.15, 0.2) is 139 Å². The molecule has 0 atom stereocenters. The van der Waals surface area contributed by atoms with Crippen LogP contribution in [0.1, 0.15) is 11.1 Å². The molecule has 6 aromatic rings. The normalized spacial score (nSPS) is 12.6. The molecule has 240 valence electrons. The van der Waals surface area contributed by atoms with E-state index in [0.29, 0.717) is 32.9 Å². The predicted octanol–water partition coefficient (Wildman–Crippen LogP) is 8.90. The highest BCUT2D eigenvalue weighted by atomic mass is 32.2. The number of hydrogen-bond donors (Lipinski definition) is 4. The molecule has 0 unspecified atom stereocenters. The van der Waals surface area contributed by atoms with Gasteiger partial charge in [-0.3, -0.25) is 9.11 Å². The van der Waals surface area contributed by atoms with E-state index in [2.05, 4.69) is 20.5 Å². The third kappa shape index (κ3) is 6.82. The maximum absolute atomic E-state index is 12.3. The molecule has 0 aliphatic rings. The Balaban J connectivity index is 1.32. The van der Waals surface area contributed by atoms with E-state index < -0.39 is 30.0 Å². The van der Waals surface area contributed by atoms with Gasteiger partial charge in [-0.15, -0.1) is 10.2 Å². The Morgan fingerprint density at radius 2 is 0.833 bits per heavy atom. The highest BCUT2D eigenvalue weighted by molar-refractivity contribution is 7.86. The molecular weight excluding hydrogens is 657 g/mol. The van der Waals surface area contributed by atoms with E-state index in [9.17, 15) is 36.2 Å². The lowest BCUT2D eigenvalue weighted by molar-refractivity contribution is 0.480. The van der Waals surface area contributed by atoms with Crippen LogP contribution in [0.2, 0.25) is 0 Å². The summed E-state index contributed by atoms with van der Waals surface area (Å²) in [6.45, 7) is 0. The smallest absolute Gasteiger partial charge is 0.295 e. The maximum atomic E-state index is 12.3. The van der Waals surface area contributed by atoms with Crippen LogP contribution in [-0.2, 0) is 20.2 Å². The number of rotatable bonds is 8. The Morgan fingerprint density at radius 1 is 0.458 bits per heavy atom. The third-order valence-electron chi connectivity index (χ3n) is 7.30. The fraction of sp³-hybridized carbons (Fsp3) is 0. The molecule has 48 heavy (non-hydrogen) atoms. The summed E-state index contributed by atoms with van der Waals surface area (Å²) in [7, 11) is -9.56. The molecule has 0 radical (unpaired) electrons. The molecule has 0 amide bonds. The van der Waals surface area contributed by atoms with Crippen molar-refractivity contribution < 1.29 is 36.2 Å². The summed E-state index contributed by atoms with van der Waals surface area (Å²) in [4.78, 5) is -1.04. The average Bonchev–Trinajstić information content (AvgIpc) is 3.06. The van der Waals surface area contributed by atoms with Crippen LogP contribution in [0.3, 0.4) is 0 Å². The number of nitrogens with zero attached hydrogens (tertiary/aromatic N) is 4. The van der Waals surface area contributed by atoms with E-state index in [1.54, 1.807) is 60.7 Å². The second-order valence-electron chi connectivity index (χ2n) is 10.4. The van der Waals surface area contributed by atoms with Crippen molar-refractivity contribution in [3.63, 3.8) is 0 Å². The van der Waals surface area contributed by atoms with Gasteiger partial charge in [0.2, 0.25) is 0 Å². The Bertz CT molecular complexity index is 2370. The van der Waals surface area contributed by atoms with Crippen LogP contribution in [0.5, 0.6) is 11.5 Å². The van der Waals surface area contributed by atoms with Gasteiger partial charge in [0.05, 0.1) is 22.7 Å². The molecule has 0 fully saturated rings. The Labute approximate surface area is 274 Å². The molecule has 0 saturated heterocycles. The second kappa shape index (κ2) is 12.8. The van der Waals surface area contributed by atoms with Crippen molar-refractivity contribution in [2.75, 3.05) is 0 Å². The van der Waals surface area contributed by atoms with Crippen LogP contribution in [0.25, 0.3) is 33.7 Å². The molecule has 0 aliphatic carbocycles. The molecule has 0 aliphatic heterocycles. The number of benzene rings is 6. The number of fused-ring (bicyclic) bond motifs is 2. The van der Waals surface area contributed by atoms with Crippen LogP contribution < -0.4 is 0 Å². The zero-order valence-electron chi connectivity index (χ0n) is 24.6. The van der Waals surface area contributed by atoms with Crippen molar-refractivity contribution in [2.45, 2.75) is 9.79 Å². The van der Waals surface area contributed by atoms with Crippen molar-refractivity contribution >= 4 is 76.7 Å². The van der Waals surface area contributed by atoms with Crippen molar-refractivity contribution in [3.8, 4) is 11.5 Å². The minimum Gasteiger partial charge on any atom is -0.507 e. The first-order chi connectivity index (χ1) is 22.9. The number of phenols is 2. The zero-order chi connectivity index (χ0) is 34.1. The number of azo groups is 2. The number of aromatic hydroxyl groups is 2. The fourth-order valence-electron chi connectivity index (χ4n) is 5.00. The van der Waals surface area contributed by atoms with Crippen LogP contribution in [0, 0.1) is 0 Å². The summed E-state index contributed by atoms with van der Waals surface area (Å²) < 4.78 is 69.2. The van der Waals surface area contributed by atoms with Gasteiger partial charge < -0.3 is 10.2 Å². The van der Waals surface area contributed by atoms with Gasteiger partial charge in [0, 0.05) is 21.5 Å². The first-order valence-electron chi connectivity index (χ1n) is 14.0. The Kier molecular flexibility index (Phi) is 8.56. The number of hydrogen-bond acceptors (Lipinski definition) is 10. The van der Waals surface area contributed by atoms with Crippen LogP contribution in [0.4, 0.5) is 22.7 Å². The molecule has 0 heterocycles. The first-order valence-corrected chi connectivity index (χ1v) is 16.9. The molecule has 14 heteroatoms. The van der Waals surface area contributed by atoms with Crippen LogP contribution in [-0.4, -0.2) is 36.2 Å². The van der Waals surface area contributed by atoms with Gasteiger partial charge in [-0.1, -0.05) is 72.8 Å². The summed E-state index contributed by atoms with van der Waals surface area (Å²) in [5, 5.41) is 39.2. The second-order valence-corrected chi connectivity index (χ2v) is 13.2. The largest absolute Gasteiger partial charge is 0.507 e. The summed E-state index contributed by atoms with van der Waals surface area (Å²) in [6, 6.07) is 27.8. The van der Waals surface area contributed by atoms with Crippen molar-refractivity contribution in [1.82, 2.24) is 0 Å². The quantitative estimate of drug-likeness (QED) is 0.0693. The minimum atomic E-state index is -4.78. The SMILES string of the molecule is O=S(=O)(O)c1cc(/N=N\c2ccc(O)c3ccccc23)ccc1/C=C\c1ccc(/N=N\c2ccc(O)c3ccccc23)cc1S(=O)(=O)O. The van der Waals surface area contributed by atoms with Crippen molar-refractivity contribution in [1.29, 1.82) is 0 Å². The zero-order valence-corrected chi connectivity index (χ0v) is 26.2. The molecule has 4 N–H and O–H groups in total. The lowest BCUT2D eigenvalue weighted by Gasteiger charge is -2.07. The van der Waals surface area contributed by atoms with Crippen molar-refractivity contribution in [2.24, 2.45) is 20.5 Å². The summed E-state index contributed by atoms with van der Waals surface area (Å²) in [6.07, 6.45) is 2.51. The number of phenolic OH excluding ortho intramolecular Hbond substituents is 2. The van der Waals surface area contributed by atoms with Gasteiger partial charge in [-0.05, 0) is 59.7 Å². The molecule has 0 aromatic heterocycles. The molecule has 0 bridgehead atoms. The molecular formula is C34H24N4O8S2. The van der Waals surface area contributed by atoms with Gasteiger partial charge >= 0.3 is 0 Å². The Morgan fingerprint density at radius 3 is 1.21 bits per heavy atom. The van der Waals surface area contributed by atoms with E-state index in [4.69, 9.17) is 0 Å². The van der Waals surface area contributed by atoms with Gasteiger partial charge in [0.1, 0.15) is 21.3 Å². The van der Waals surface area contributed by atoms with Gasteiger partial charge in [-0.2, -0.15) is 27.1 Å². The maximum Gasteiger partial charge on any atom is 0.295 e. The van der Waals surface area contributed by atoms with Crippen LogP contribution >= 0.6 is 0 Å². The summed E-state index contributed by atoms with van der Waals surface area (Å²) in [5.74, 6) is 0.127. The average molecular weight is 681 g/mol. The molecule has 0 spiro atoms. The first kappa shape index (κ1) is 32.2. The summed E-state index contributed by atoms with van der Waals surface area (Å²) in [5.41, 5.74) is 1.00. The lowest BCUT2D eigenvalue weighted by atomic mass is 10.1. The van der Waals surface area contributed by atoms with Crippen molar-refractivity contribution in [3.05, 3.63) is 120 Å². The third-order valence-corrected chi connectivity index (χ3v) is 9.11. The standard InChI is InChI=1S/C34H24N4O8S2/c39-31-17-15-29(25-5-1-3-7-27(25)31)37-35-23-13-11-21(33(19-23)47(41,42)43)9-10-22-12-14-24(20-34(22)48(44,45)46)36-38-30-16-18-32(40)28-8-4-2-6-26(28)30/h1-20,39-40H,(H,41,42,43)(H,44,45,46)/b10-9-,37-35-,38-36-. The summed E-state index contributed by atoms with van der Waals surface area (Å²) >= 11 is 0. The van der Waals surface area contributed by atoms with Gasteiger partial charge in [-0.25, -0.2) is 0 Å². The highest BCUT2D eigenvalue weighted by Crippen LogP contribution is 2.36. The molecule has 6 aromatic carbocycles. The highest BCUT2D eigenvalue weighted by Gasteiger charge is 2.18. The van der Waals surface area contributed by atoms with E-state index in [-0.39, 0.29) is 34.0 Å². The molecule has 12 nitrogen and oxygen atoms in total. The van der Waals surface area contributed by atoms with E-state index in [0.717, 1.165) is 12.1 Å². The van der Waals surface area contributed by atoms with Gasteiger partial charge in [0.15, 0.2) is 0 Å². The van der Waals surface area contributed by atoms with E-state index in [1.165, 1.54) is 48.6 Å². The monoisotopic (exact) mass is 680 g/mol. The minimum absolute atomic E-state index is 0.00390. The topological polar surface area (TPSA) is 199 Å². The van der Waals surface area contributed by atoms with Gasteiger partial charge in [0.25, 0.3) is 20.2 Å².